The summed E-state index contributed by atoms with van der Waals surface area (Å²) in [4.78, 5) is 11.9. The minimum absolute atomic E-state index is 0.303. The van der Waals surface area contributed by atoms with Gasteiger partial charge in [0, 0.05) is 11.3 Å². The molecule has 0 spiro atoms. The summed E-state index contributed by atoms with van der Waals surface area (Å²) in [6.45, 7) is 9.30. The third-order valence-corrected chi connectivity index (χ3v) is 6.64. The Morgan fingerprint density at radius 1 is 0.968 bits per heavy atom. The lowest BCUT2D eigenvalue weighted by atomic mass is 10.1. The molecule has 31 heavy (non-hydrogen) atoms. The number of carbonyl (C=O) groups excluding carboxylic acids is 1. The van der Waals surface area contributed by atoms with E-state index in [1.54, 1.807) is 44.4 Å². The molecule has 7 nitrogen and oxygen atoms in total. The summed E-state index contributed by atoms with van der Waals surface area (Å²) in [5.41, 5.74) is 1.72. The van der Waals surface area contributed by atoms with Crippen LogP contribution in [0.4, 0.5) is 5.69 Å². The number of anilines is 1. The fraction of sp³-hybridized carbons (Fsp3) is 0.435. The van der Waals surface area contributed by atoms with Gasteiger partial charge in [0.05, 0.1) is 31.5 Å². The highest BCUT2D eigenvalue weighted by Crippen LogP contribution is 2.63. The molecule has 1 N–H and O–H groups in total. The first-order valence-corrected chi connectivity index (χ1v) is 11.9. The standard InChI is InChI=1S/C23H32NO6P/c1-7-28-23(25)18-12-14-19(15-13-18)24-22(20-10-8-9-11-21(20)27-6)31(26,29-16(2)3)30-17(4)5/h8-17,22,24H,7H2,1-6H3. The van der Waals surface area contributed by atoms with Crippen LogP contribution in [-0.4, -0.2) is 31.9 Å². The van der Waals surface area contributed by atoms with E-state index < -0.39 is 19.3 Å². The third-order valence-electron chi connectivity index (χ3n) is 4.16. The van der Waals surface area contributed by atoms with Crippen molar-refractivity contribution in [3.8, 4) is 5.75 Å². The van der Waals surface area contributed by atoms with Crippen LogP contribution in [0.25, 0.3) is 0 Å². The molecule has 170 valence electrons. The number of carbonyl (C=O) groups is 1. The van der Waals surface area contributed by atoms with Gasteiger partial charge in [-0.15, -0.1) is 0 Å². The van der Waals surface area contributed by atoms with E-state index in [9.17, 15) is 9.36 Å². The second-order valence-corrected chi connectivity index (χ2v) is 9.45. The van der Waals surface area contributed by atoms with Crippen LogP contribution >= 0.6 is 7.60 Å². The molecule has 2 aromatic carbocycles. The predicted octanol–water partition coefficient (Wildman–Crippen LogP) is 6.03. The number of hydrogen-bond donors (Lipinski definition) is 1. The zero-order chi connectivity index (χ0) is 23.0. The fourth-order valence-electron chi connectivity index (χ4n) is 3.03. The molecule has 0 bridgehead atoms. The number of methoxy groups -OCH3 is 1. The Morgan fingerprint density at radius 3 is 2.06 bits per heavy atom. The Bertz CT molecular complexity index is 883. The molecular weight excluding hydrogens is 417 g/mol. The molecule has 0 fully saturated rings. The number of ether oxygens (including phenoxy) is 2. The Labute approximate surface area is 184 Å². The molecule has 0 saturated carbocycles. The number of nitrogens with one attached hydrogen (secondary N) is 1. The summed E-state index contributed by atoms with van der Waals surface area (Å²) in [6, 6.07) is 14.0. The van der Waals surface area contributed by atoms with Crippen LogP contribution in [0.1, 0.15) is 56.3 Å². The topological polar surface area (TPSA) is 83.1 Å². The van der Waals surface area contributed by atoms with Crippen LogP contribution in [0.2, 0.25) is 0 Å². The maximum Gasteiger partial charge on any atom is 0.357 e. The van der Waals surface area contributed by atoms with E-state index in [2.05, 4.69) is 5.32 Å². The summed E-state index contributed by atoms with van der Waals surface area (Å²) >= 11 is 0. The maximum absolute atomic E-state index is 14.0. The van der Waals surface area contributed by atoms with Gasteiger partial charge in [0.25, 0.3) is 0 Å². The average molecular weight is 449 g/mol. The molecule has 0 aromatic heterocycles. The normalized spacial score (nSPS) is 12.6. The first kappa shape index (κ1) is 24.9. The van der Waals surface area contributed by atoms with Gasteiger partial charge in [-0.1, -0.05) is 18.2 Å². The monoisotopic (exact) mass is 449 g/mol. The van der Waals surface area contributed by atoms with Gasteiger partial charge in [0.1, 0.15) is 5.75 Å². The number of hydrogen-bond acceptors (Lipinski definition) is 7. The zero-order valence-corrected chi connectivity index (χ0v) is 19.8. The fourth-order valence-corrected chi connectivity index (χ4v) is 5.36. The largest absolute Gasteiger partial charge is 0.496 e. The summed E-state index contributed by atoms with van der Waals surface area (Å²) < 4.78 is 36.3. The number of benzene rings is 2. The van der Waals surface area contributed by atoms with Crippen molar-refractivity contribution in [1.82, 2.24) is 0 Å². The van der Waals surface area contributed by atoms with Crippen LogP contribution in [-0.2, 0) is 18.3 Å². The molecule has 1 unspecified atom stereocenters. The zero-order valence-electron chi connectivity index (χ0n) is 19.0. The molecule has 2 aromatic rings. The molecule has 0 aliphatic carbocycles. The van der Waals surface area contributed by atoms with Crippen molar-refractivity contribution >= 4 is 19.3 Å². The van der Waals surface area contributed by atoms with Crippen molar-refractivity contribution in [2.75, 3.05) is 19.0 Å². The number of esters is 1. The second-order valence-electron chi connectivity index (χ2n) is 7.43. The minimum Gasteiger partial charge on any atom is -0.496 e. The first-order chi connectivity index (χ1) is 14.7. The molecular formula is C23H32NO6P. The molecule has 0 heterocycles. The Morgan fingerprint density at radius 2 is 1.55 bits per heavy atom. The Hall–Kier alpha value is -2.34. The van der Waals surface area contributed by atoms with E-state index in [0.29, 0.717) is 29.2 Å². The predicted molar refractivity (Wildman–Crippen MR) is 122 cm³/mol. The van der Waals surface area contributed by atoms with Crippen LogP contribution in [0, 0.1) is 0 Å². The van der Waals surface area contributed by atoms with E-state index in [0.717, 1.165) is 0 Å². The van der Waals surface area contributed by atoms with Crippen LogP contribution < -0.4 is 10.1 Å². The summed E-state index contributed by atoms with van der Waals surface area (Å²) in [5.74, 6) is -0.669. The highest BCUT2D eigenvalue weighted by atomic mass is 31.2. The van der Waals surface area contributed by atoms with Gasteiger partial charge >= 0.3 is 13.6 Å². The van der Waals surface area contributed by atoms with Crippen LogP contribution in [0.3, 0.4) is 0 Å². The van der Waals surface area contributed by atoms with Gasteiger partial charge in [-0.05, 0) is 65.0 Å². The molecule has 0 radical (unpaired) electrons. The molecule has 0 amide bonds. The Kier molecular flexibility index (Phi) is 9.11. The lowest BCUT2D eigenvalue weighted by molar-refractivity contribution is 0.0526. The highest BCUT2D eigenvalue weighted by molar-refractivity contribution is 7.54. The molecule has 1 atom stereocenters. The van der Waals surface area contributed by atoms with E-state index in [-0.39, 0.29) is 12.2 Å². The van der Waals surface area contributed by atoms with Gasteiger partial charge in [0.2, 0.25) is 0 Å². The van der Waals surface area contributed by atoms with E-state index in [1.165, 1.54) is 0 Å². The minimum atomic E-state index is -3.69. The number of para-hydroxylation sites is 1. The van der Waals surface area contributed by atoms with Crippen LogP contribution in [0.15, 0.2) is 48.5 Å². The smallest absolute Gasteiger partial charge is 0.357 e. The maximum atomic E-state index is 14.0. The lowest BCUT2D eigenvalue weighted by Gasteiger charge is -2.32. The molecule has 8 heteroatoms. The molecule has 0 aliphatic rings. The average Bonchev–Trinajstić information content (AvgIpc) is 2.71. The van der Waals surface area contributed by atoms with Gasteiger partial charge < -0.3 is 23.8 Å². The third kappa shape index (κ3) is 6.82. The summed E-state index contributed by atoms with van der Waals surface area (Å²) in [5, 5.41) is 3.27. The molecule has 2 rings (SSSR count). The SMILES string of the molecule is CCOC(=O)c1ccc(NC(c2ccccc2OC)P(=O)(OC(C)C)OC(C)C)cc1. The van der Waals surface area contributed by atoms with Gasteiger partial charge in [0.15, 0.2) is 5.78 Å². The van der Waals surface area contributed by atoms with Crippen molar-refractivity contribution in [1.29, 1.82) is 0 Å². The van der Waals surface area contributed by atoms with Gasteiger partial charge in [-0.25, -0.2) is 4.79 Å². The quantitative estimate of drug-likeness (QED) is 0.331. The van der Waals surface area contributed by atoms with Gasteiger partial charge in [-0.3, -0.25) is 4.57 Å². The second kappa shape index (κ2) is 11.3. The van der Waals surface area contributed by atoms with Crippen molar-refractivity contribution in [3.63, 3.8) is 0 Å². The highest BCUT2D eigenvalue weighted by Gasteiger charge is 2.41. The Balaban J connectivity index is 2.49. The van der Waals surface area contributed by atoms with E-state index in [1.807, 2.05) is 45.9 Å². The van der Waals surface area contributed by atoms with Crippen molar-refractivity contribution < 1.29 is 27.9 Å². The van der Waals surface area contributed by atoms with Crippen molar-refractivity contribution in [2.24, 2.45) is 0 Å². The number of rotatable bonds is 11. The van der Waals surface area contributed by atoms with Crippen LogP contribution in [0.5, 0.6) is 5.75 Å². The van der Waals surface area contributed by atoms with E-state index in [4.69, 9.17) is 18.5 Å². The van der Waals surface area contributed by atoms with E-state index >= 15 is 0 Å². The lowest BCUT2D eigenvalue weighted by Crippen LogP contribution is -2.20. The molecule has 0 aliphatic heterocycles. The summed E-state index contributed by atoms with van der Waals surface area (Å²) in [6.07, 6.45) is -0.649. The first-order valence-electron chi connectivity index (χ1n) is 10.3. The molecule has 0 saturated heterocycles. The van der Waals surface area contributed by atoms with Gasteiger partial charge in [-0.2, -0.15) is 0 Å². The van der Waals surface area contributed by atoms with Crippen molar-refractivity contribution in [2.45, 2.75) is 52.6 Å². The summed E-state index contributed by atoms with van der Waals surface area (Å²) in [7, 11) is -2.14. The van der Waals surface area contributed by atoms with Crippen molar-refractivity contribution in [3.05, 3.63) is 59.7 Å².